The Morgan fingerprint density at radius 2 is 1.56 bits per heavy atom. The number of hydrogen-bond acceptors (Lipinski definition) is 2. The number of aliphatic hydroxyl groups is 1. The van der Waals surface area contributed by atoms with Crippen LogP contribution in [0.1, 0.15) is 17.2 Å². The van der Waals surface area contributed by atoms with Crippen LogP contribution in [0.3, 0.4) is 0 Å². The fraction of sp³-hybridized carbons (Fsp3) is 0.0625. The minimum Gasteiger partial charge on any atom is -0.384 e. The molecule has 1 unspecified atom stereocenters. The van der Waals surface area contributed by atoms with Gasteiger partial charge in [-0.05, 0) is 23.3 Å². The molecule has 0 spiro atoms. The van der Waals surface area contributed by atoms with E-state index >= 15 is 0 Å². The van der Waals surface area contributed by atoms with Crippen LogP contribution in [0.25, 0.3) is 10.9 Å². The molecule has 3 aromatic rings. The summed E-state index contributed by atoms with van der Waals surface area (Å²) in [7, 11) is 0. The van der Waals surface area contributed by atoms with Crippen molar-refractivity contribution in [3.8, 4) is 0 Å². The summed E-state index contributed by atoms with van der Waals surface area (Å²) in [6.45, 7) is 0. The number of nitrogens with zero attached hydrogens (tertiary/aromatic N) is 1. The van der Waals surface area contributed by atoms with Gasteiger partial charge in [-0.15, -0.1) is 0 Å². The molecule has 3 rings (SSSR count). The molecule has 1 N–H and O–H groups in total. The van der Waals surface area contributed by atoms with Crippen LogP contribution in [-0.4, -0.2) is 10.1 Å². The fourth-order valence-corrected chi connectivity index (χ4v) is 2.17. The highest BCUT2D eigenvalue weighted by molar-refractivity contribution is 5.82. The monoisotopic (exact) mass is 235 g/mol. The van der Waals surface area contributed by atoms with E-state index in [1.54, 1.807) is 6.20 Å². The highest BCUT2D eigenvalue weighted by atomic mass is 16.3. The summed E-state index contributed by atoms with van der Waals surface area (Å²) in [5, 5.41) is 11.5. The lowest BCUT2D eigenvalue weighted by Crippen LogP contribution is -2.00. The van der Waals surface area contributed by atoms with E-state index in [0.717, 1.165) is 22.0 Å². The Hall–Kier alpha value is -2.19. The number of pyridine rings is 1. The van der Waals surface area contributed by atoms with Gasteiger partial charge in [0, 0.05) is 11.6 Å². The summed E-state index contributed by atoms with van der Waals surface area (Å²) in [6.07, 6.45) is 1.13. The number of para-hydroxylation sites is 1. The van der Waals surface area contributed by atoms with Crippen LogP contribution in [0.5, 0.6) is 0 Å². The molecule has 0 amide bonds. The van der Waals surface area contributed by atoms with Gasteiger partial charge >= 0.3 is 0 Å². The highest BCUT2D eigenvalue weighted by Crippen LogP contribution is 2.27. The maximum atomic E-state index is 10.5. The third-order valence-electron chi connectivity index (χ3n) is 3.09. The van der Waals surface area contributed by atoms with E-state index in [1.807, 2.05) is 60.7 Å². The first-order chi connectivity index (χ1) is 8.86. The zero-order valence-electron chi connectivity index (χ0n) is 9.82. The molecule has 2 aromatic carbocycles. The molecule has 1 heterocycles. The summed E-state index contributed by atoms with van der Waals surface area (Å²) in [5.41, 5.74) is 2.70. The van der Waals surface area contributed by atoms with Crippen molar-refractivity contribution in [2.75, 3.05) is 0 Å². The summed E-state index contributed by atoms with van der Waals surface area (Å²) in [6, 6.07) is 19.4. The van der Waals surface area contributed by atoms with Gasteiger partial charge in [0.25, 0.3) is 0 Å². The van der Waals surface area contributed by atoms with Gasteiger partial charge in [0.2, 0.25) is 0 Å². The van der Waals surface area contributed by atoms with E-state index < -0.39 is 6.10 Å². The van der Waals surface area contributed by atoms with Crippen molar-refractivity contribution < 1.29 is 5.11 Å². The number of hydrogen-bond donors (Lipinski definition) is 1. The molecule has 0 fully saturated rings. The molecule has 0 aliphatic heterocycles. The molecule has 18 heavy (non-hydrogen) atoms. The molecule has 0 radical (unpaired) electrons. The molecule has 2 heteroatoms. The quantitative estimate of drug-likeness (QED) is 0.739. The van der Waals surface area contributed by atoms with Crippen LogP contribution in [0.4, 0.5) is 0 Å². The number of rotatable bonds is 2. The van der Waals surface area contributed by atoms with Gasteiger partial charge in [-0.2, -0.15) is 0 Å². The van der Waals surface area contributed by atoms with Crippen molar-refractivity contribution in [1.29, 1.82) is 0 Å². The second-order valence-electron chi connectivity index (χ2n) is 4.23. The zero-order valence-corrected chi connectivity index (χ0v) is 9.82. The van der Waals surface area contributed by atoms with Crippen LogP contribution in [0.2, 0.25) is 0 Å². The van der Waals surface area contributed by atoms with Crippen molar-refractivity contribution in [3.05, 3.63) is 78.0 Å². The maximum Gasteiger partial charge on any atom is 0.105 e. The van der Waals surface area contributed by atoms with Gasteiger partial charge in [-0.3, -0.25) is 4.98 Å². The third-order valence-corrected chi connectivity index (χ3v) is 3.09. The van der Waals surface area contributed by atoms with Gasteiger partial charge < -0.3 is 5.11 Å². The first kappa shape index (κ1) is 10.9. The Morgan fingerprint density at radius 3 is 2.39 bits per heavy atom. The smallest absolute Gasteiger partial charge is 0.105 e. The molecular formula is C16H13NO. The average Bonchev–Trinajstić information content (AvgIpc) is 2.47. The van der Waals surface area contributed by atoms with Crippen molar-refractivity contribution in [3.63, 3.8) is 0 Å². The third kappa shape index (κ3) is 1.87. The van der Waals surface area contributed by atoms with E-state index in [0.29, 0.717) is 0 Å². The number of fused-ring (bicyclic) bond motifs is 1. The van der Waals surface area contributed by atoms with Gasteiger partial charge in [0.05, 0.1) is 5.52 Å². The van der Waals surface area contributed by atoms with E-state index in [4.69, 9.17) is 0 Å². The lowest BCUT2D eigenvalue weighted by Gasteiger charge is -2.13. The number of aromatic nitrogens is 1. The molecule has 0 aliphatic carbocycles. The van der Waals surface area contributed by atoms with Crippen LogP contribution < -0.4 is 0 Å². The molecule has 88 valence electrons. The Morgan fingerprint density at radius 1 is 0.833 bits per heavy atom. The molecule has 0 saturated heterocycles. The SMILES string of the molecule is OC(c1ccccc1)c1ccnc2ccccc12. The second kappa shape index (κ2) is 4.59. The molecule has 1 aromatic heterocycles. The van der Waals surface area contributed by atoms with Crippen molar-refractivity contribution in [2.45, 2.75) is 6.10 Å². The Balaban J connectivity index is 2.15. The fourth-order valence-electron chi connectivity index (χ4n) is 2.17. The lowest BCUT2D eigenvalue weighted by molar-refractivity contribution is 0.222. The van der Waals surface area contributed by atoms with E-state index in [1.165, 1.54) is 0 Å². The van der Waals surface area contributed by atoms with Gasteiger partial charge in [-0.25, -0.2) is 0 Å². The van der Waals surface area contributed by atoms with E-state index in [2.05, 4.69) is 4.98 Å². The van der Waals surface area contributed by atoms with Gasteiger partial charge in [0.1, 0.15) is 6.10 Å². The van der Waals surface area contributed by atoms with Crippen LogP contribution in [-0.2, 0) is 0 Å². The Kier molecular flexibility index (Phi) is 2.79. The normalized spacial score (nSPS) is 12.5. The van der Waals surface area contributed by atoms with Crippen LogP contribution >= 0.6 is 0 Å². The minimum absolute atomic E-state index is 0.612. The highest BCUT2D eigenvalue weighted by Gasteiger charge is 2.12. The first-order valence-corrected chi connectivity index (χ1v) is 5.93. The van der Waals surface area contributed by atoms with E-state index in [-0.39, 0.29) is 0 Å². The Bertz CT molecular complexity index is 659. The minimum atomic E-state index is -0.612. The largest absolute Gasteiger partial charge is 0.384 e. The number of aliphatic hydroxyl groups excluding tert-OH is 1. The van der Waals surface area contributed by atoms with Crippen molar-refractivity contribution in [1.82, 2.24) is 4.98 Å². The Labute approximate surface area is 106 Å². The zero-order chi connectivity index (χ0) is 12.4. The van der Waals surface area contributed by atoms with Gasteiger partial charge in [-0.1, -0.05) is 48.5 Å². The average molecular weight is 235 g/mol. The summed E-state index contributed by atoms with van der Waals surface area (Å²) in [5.74, 6) is 0. The molecule has 1 atom stereocenters. The molecule has 2 nitrogen and oxygen atoms in total. The van der Waals surface area contributed by atoms with Crippen LogP contribution in [0.15, 0.2) is 66.9 Å². The topological polar surface area (TPSA) is 33.1 Å². The predicted molar refractivity (Wildman–Crippen MR) is 72.2 cm³/mol. The van der Waals surface area contributed by atoms with E-state index in [9.17, 15) is 5.11 Å². The summed E-state index contributed by atoms with van der Waals surface area (Å²) < 4.78 is 0. The van der Waals surface area contributed by atoms with Crippen molar-refractivity contribution >= 4 is 10.9 Å². The first-order valence-electron chi connectivity index (χ1n) is 5.93. The van der Waals surface area contributed by atoms with Crippen molar-refractivity contribution in [2.24, 2.45) is 0 Å². The van der Waals surface area contributed by atoms with Gasteiger partial charge in [0.15, 0.2) is 0 Å². The molecular weight excluding hydrogens is 222 g/mol. The number of benzene rings is 2. The molecule has 0 saturated carbocycles. The molecule has 0 aliphatic rings. The van der Waals surface area contributed by atoms with Crippen LogP contribution in [0, 0.1) is 0 Å². The second-order valence-corrected chi connectivity index (χ2v) is 4.23. The lowest BCUT2D eigenvalue weighted by atomic mass is 9.98. The summed E-state index contributed by atoms with van der Waals surface area (Å²) in [4.78, 5) is 4.31. The standard InChI is InChI=1S/C16H13NO/c18-16(12-6-2-1-3-7-12)14-10-11-17-15-9-5-4-8-13(14)15/h1-11,16,18H. The predicted octanol–water partition coefficient (Wildman–Crippen LogP) is 3.32. The molecule has 0 bridgehead atoms. The summed E-state index contributed by atoms with van der Waals surface area (Å²) >= 11 is 0. The maximum absolute atomic E-state index is 10.5.